The highest BCUT2D eigenvalue weighted by Crippen LogP contribution is 2.21. The summed E-state index contributed by atoms with van der Waals surface area (Å²) < 4.78 is 0. The summed E-state index contributed by atoms with van der Waals surface area (Å²) >= 11 is 0. The molecule has 150 valence electrons. The first kappa shape index (κ1) is 20.3. The lowest BCUT2D eigenvalue weighted by Gasteiger charge is -2.37. The summed E-state index contributed by atoms with van der Waals surface area (Å²) in [5.74, 6) is -0.0178. The summed E-state index contributed by atoms with van der Waals surface area (Å²) in [5, 5.41) is 20.4. The number of likely N-dealkylation sites (N-methyl/N-ethyl adjacent to an activating group) is 1. The molecule has 2 aliphatic heterocycles. The number of carbonyl (C=O) groups excluding carboxylic acids is 1. The fourth-order valence-electron chi connectivity index (χ4n) is 3.94. The summed E-state index contributed by atoms with van der Waals surface area (Å²) in [7, 11) is 2.11. The number of amides is 1. The van der Waals surface area contributed by atoms with Crippen LogP contribution in [-0.2, 0) is 6.42 Å². The van der Waals surface area contributed by atoms with Gasteiger partial charge in [-0.2, -0.15) is 0 Å². The number of benzene rings is 1. The van der Waals surface area contributed by atoms with E-state index in [1.165, 1.54) is 0 Å². The topological polar surface area (TPSA) is 67.2 Å². The number of β-amino-alcohol motifs (C(OH)–C–C–N with tert-alkyl or cyclic N) is 1. The molecule has 0 aliphatic carbocycles. The number of aliphatic hydroxyl groups excluding tert-OH is 1. The predicted molar refractivity (Wildman–Crippen MR) is 106 cm³/mol. The standard InChI is InChI=1S/C21H33N3O3/c1-21(2,27)8-7-16-5-4-6-17(13-16)20(26)24-14-18(19(25)15-24)23-11-9-22(3)10-12-23/h4-6,13,18-19,25,27H,7-12,14-15H2,1-3H3. The molecule has 0 radical (unpaired) electrons. The van der Waals surface area contributed by atoms with Crippen LogP contribution in [-0.4, -0.2) is 94.9 Å². The maximum absolute atomic E-state index is 13.0. The maximum Gasteiger partial charge on any atom is 0.254 e. The summed E-state index contributed by atoms with van der Waals surface area (Å²) in [6.07, 6.45) is 0.895. The summed E-state index contributed by atoms with van der Waals surface area (Å²) in [6, 6.07) is 7.68. The molecule has 0 aromatic heterocycles. The molecule has 6 heteroatoms. The van der Waals surface area contributed by atoms with Crippen LogP contribution in [0, 0.1) is 0 Å². The molecule has 6 nitrogen and oxygen atoms in total. The smallest absolute Gasteiger partial charge is 0.254 e. The highest BCUT2D eigenvalue weighted by Gasteiger charge is 2.38. The van der Waals surface area contributed by atoms with Crippen LogP contribution in [0.3, 0.4) is 0 Å². The number of aryl methyl sites for hydroxylation is 1. The fraction of sp³-hybridized carbons (Fsp3) is 0.667. The summed E-state index contributed by atoms with van der Waals surface area (Å²) in [4.78, 5) is 19.4. The number of hydrogen-bond donors (Lipinski definition) is 2. The third-order valence-corrected chi connectivity index (χ3v) is 5.75. The molecule has 3 rings (SSSR count). The Hall–Kier alpha value is -1.47. The minimum absolute atomic E-state index is 0.0178. The van der Waals surface area contributed by atoms with Crippen molar-refractivity contribution in [2.24, 2.45) is 0 Å². The summed E-state index contributed by atoms with van der Waals surface area (Å²) in [5.41, 5.74) is 1.00. The number of aliphatic hydroxyl groups is 2. The Morgan fingerprint density at radius 1 is 1.19 bits per heavy atom. The molecular formula is C21H33N3O3. The second-order valence-corrected chi connectivity index (χ2v) is 8.70. The second-order valence-electron chi connectivity index (χ2n) is 8.70. The van der Waals surface area contributed by atoms with Crippen molar-refractivity contribution < 1.29 is 15.0 Å². The van der Waals surface area contributed by atoms with E-state index >= 15 is 0 Å². The van der Waals surface area contributed by atoms with E-state index in [1.54, 1.807) is 18.7 Å². The van der Waals surface area contributed by atoms with Crippen molar-refractivity contribution in [2.75, 3.05) is 46.3 Å². The average molecular weight is 376 g/mol. The van der Waals surface area contributed by atoms with Gasteiger partial charge in [-0.15, -0.1) is 0 Å². The largest absolute Gasteiger partial charge is 0.390 e. The highest BCUT2D eigenvalue weighted by molar-refractivity contribution is 5.94. The Morgan fingerprint density at radius 3 is 2.56 bits per heavy atom. The van der Waals surface area contributed by atoms with Crippen LogP contribution < -0.4 is 0 Å². The van der Waals surface area contributed by atoms with Gasteiger partial charge in [0.2, 0.25) is 0 Å². The molecule has 27 heavy (non-hydrogen) atoms. The molecule has 2 unspecified atom stereocenters. The van der Waals surface area contributed by atoms with E-state index in [0.29, 0.717) is 25.1 Å². The van der Waals surface area contributed by atoms with Gasteiger partial charge in [0, 0.05) is 44.8 Å². The van der Waals surface area contributed by atoms with Gasteiger partial charge in [-0.25, -0.2) is 0 Å². The zero-order chi connectivity index (χ0) is 19.6. The van der Waals surface area contributed by atoms with Gasteiger partial charge in [0.1, 0.15) is 0 Å². The third kappa shape index (κ3) is 5.29. The van der Waals surface area contributed by atoms with E-state index in [0.717, 1.165) is 38.2 Å². The van der Waals surface area contributed by atoms with Gasteiger partial charge < -0.3 is 20.0 Å². The Kier molecular flexibility index (Phi) is 6.21. The molecule has 0 spiro atoms. The zero-order valence-electron chi connectivity index (χ0n) is 16.8. The quantitative estimate of drug-likeness (QED) is 0.798. The van der Waals surface area contributed by atoms with Gasteiger partial charge in [-0.3, -0.25) is 9.69 Å². The van der Waals surface area contributed by atoms with Crippen LogP contribution in [0.2, 0.25) is 0 Å². The number of piperazine rings is 1. The average Bonchev–Trinajstić information content (AvgIpc) is 3.01. The minimum atomic E-state index is -0.713. The van der Waals surface area contributed by atoms with E-state index in [2.05, 4.69) is 16.8 Å². The SMILES string of the molecule is CN1CCN(C2CN(C(=O)c3cccc(CCC(C)(C)O)c3)CC2O)CC1. The van der Waals surface area contributed by atoms with Crippen molar-refractivity contribution in [1.29, 1.82) is 0 Å². The number of nitrogens with zero attached hydrogens (tertiary/aromatic N) is 3. The van der Waals surface area contributed by atoms with Crippen molar-refractivity contribution in [1.82, 2.24) is 14.7 Å². The van der Waals surface area contributed by atoms with Gasteiger partial charge >= 0.3 is 0 Å². The Bertz CT molecular complexity index is 650. The second kappa shape index (κ2) is 8.27. The van der Waals surface area contributed by atoms with E-state index in [4.69, 9.17) is 0 Å². The lowest BCUT2D eigenvalue weighted by molar-refractivity contribution is 0.0512. The third-order valence-electron chi connectivity index (χ3n) is 5.75. The molecule has 2 heterocycles. The molecule has 0 bridgehead atoms. The van der Waals surface area contributed by atoms with Crippen LogP contribution in [0.15, 0.2) is 24.3 Å². The number of rotatable bonds is 5. The Morgan fingerprint density at radius 2 is 1.89 bits per heavy atom. The van der Waals surface area contributed by atoms with Crippen molar-refractivity contribution >= 4 is 5.91 Å². The van der Waals surface area contributed by atoms with Gasteiger partial charge in [0.25, 0.3) is 5.91 Å². The number of carbonyl (C=O) groups is 1. The van der Waals surface area contributed by atoms with E-state index in [9.17, 15) is 15.0 Å². The molecule has 2 atom stereocenters. The summed E-state index contributed by atoms with van der Waals surface area (Å²) in [6.45, 7) is 8.44. The van der Waals surface area contributed by atoms with E-state index < -0.39 is 11.7 Å². The molecule has 0 saturated carbocycles. The Balaban J connectivity index is 1.62. The first-order chi connectivity index (χ1) is 12.7. The monoisotopic (exact) mass is 375 g/mol. The molecule has 1 amide bonds. The van der Waals surface area contributed by atoms with Crippen molar-refractivity contribution in [3.8, 4) is 0 Å². The van der Waals surface area contributed by atoms with Crippen molar-refractivity contribution in [2.45, 2.75) is 44.4 Å². The highest BCUT2D eigenvalue weighted by atomic mass is 16.3. The van der Waals surface area contributed by atoms with Gasteiger partial charge in [0.15, 0.2) is 0 Å². The molecule has 2 N–H and O–H groups in total. The molecule has 2 saturated heterocycles. The van der Waals surface area contributed by atoms with Crippen LogP contribution in [0.5, 0.6) is 0 Å². The maximum atomic E-state index is 13.0. The fourth-order valence-corrected chi connectivity index (χ4v) is 3.94. The molecular weight excluding hydrogens is 342 g/mol. The van der Waals surface area contributed by atoms with Crippen LogP contribution in [0.25, 0.3) is 0 Å². The first-order valence-electron chi connectivity index (χ1n) is 9.94. The first-order valence-corrected chi connectivity index (χ1v) is 9.94. The van der Waals surface area contributed by atoms with E-state index in [-0.39, 0.29) is 11.9 Å². The molecule has 2 aliphatic rings. The van der Waals surface area contributed by atoms with Crippen molar-refractivity contribution in [3.05, 3.63) is 35.4 Å². The zero-order valence-corrected chi connectivity index (χ0v) is 16.8. The van der Waals surface area contributed by atoms with Crippen molar-refractivity contribution in [3.63, 3.8) is 0 Å². The normalized spacial score (nSPS) is 25.1. The minimum Gasteiger partial charge on any atom is -0.390 e. The predicted octanol–water partition coefficient (Wildman–Crippen LogP) is 0.823. The van der Waals surface area contributed by atoms with E-state index in [1.807, 2.05) is 24.3 Å². The lowest BCUT2D eigenvalue weighted by Crippen LogP contribution is -2.52. The van der Waals surface area contributed by atoms with Crippen LogP contribution in [0.4, 0.5) is 0 Å². The molecule has 2 fully saturated rings. The Labute approximate surface area is 162 Å². The molecule has 1 aromatic carbocycles. The van der Waals surface area contributed by atoms with Crippen LogP contribution >= 0.6 is 0 Å². The molecule has 1 aromatic rings. The van der Waals surface area contributed by atoms with Gasteiger partial charge in [-0.05, 0) is 51.4 Å². The van der Waals surface area contributed by atoms with Crippen LogP contribution in [0.1, 0.15) is 36.2 Å². The number of hydrogen-bond acceptors (Lipinski definition) is 5. The van der Waals surface area contributed by atoms with Gasteiger partial charge in [0.05, 0.1) is 17.7 Å². The number of likely N-dealkylation sites (tertiary alicyclic amines) is 1. The lowest BCUT2D eigenvalue weighted by atomic mass is 9.98. The van der Waals surface area contributed by atoms with Gasteiger partial charge in [-0.1, -0.05) is 12.1 Å².